The van der Waals surface area contributed by atoms with Crippen LogP contribution in [0.4, 0.5) is 18.9 Å². The van der Waals surface area contributed by atoms with Crippen LogP contribution >= 0.6 is 11.8 Å². The maximum atomic E-state index is 12.4. The number of terminal acetylenes is 1. The normalized spacial score (nSPS) is 11.6. The van der Waals surface area contributed by atoms with E-state index in [-0.39, 0.29) is 27.6 Å². The van der Waals surface area contributed by atoms with Crippen LogP contribution in [0.5, 0.6) is 0 Å². The number of nitrogens with one attached hydrogen (secondary N) is 2. The molecule has 0 aliphatic carbocycles. The van der Waals surface area contributed by atoms with Crippen LogP contribution in [0.3, 0.4) is 0 Å². The summed E-state index contributed by atoms with van der Waals surface area (Å²) in [5, 5.41) is 2.54. The van der Waals surface area contributed by atoms with Crippen LogP contribution in [0.25, 0.3) is 0 Å². The Kier molecular flexibility index (Phi) is 7.12. The zero-order valence-electron chi connectivity index (χ0n) is 14.3. The van der Waals surface area contributed by atoms with E-state index in [0.29, 0.717) is 11.8 Å². The molecule has 0 radical (unpaired) electrons. The molecule has 28 heavy (non-hydrogen) atoms. The van der Waals surface area contributed by atoms with Crippen molar-refractivity contribution in [1.82, 2.24) is 4.72 Å². The highest BCUT2D eigenvalue weighted by molar-refractivity contribution is 7.99. The van der Waals surface area contributed by atoms with E-state index in [0.717, 1.165) is 0 Å². The molecule has 5 nitrogen and oxygen atoms in total. The molecule has 0 aliphatic rings. The molecule has 0 aromatic heterocycles. The Bertz CT molecular complexity index is 982. The Morgan fingerprint density at radius 2 is 1.75 bits per heavy atom. The van der Waals surface area contributed by atoms with Gasteiger partial charge in [0.05, 0.1) is 22.9 Å². The van der Waals surface area contributed by atoms with Crippen molar-refractivity contribution in [2.45, 2.75) is 16.0 Å². The van der Waals surface area contributed by atoms with Crippen molar-refractivity contribution in [1.29, 1.82) is 0 Å². The Morgan fingerprint density at radius 3 is 2.36 bits per heavy atom. The minimum Gasteiger partial charge on any atom is -0.321 e. The topological polar surface area (TPSA) is 75.3 Å². The maximum absolute atomic E-state index is 12.4. The second-order valence-corrected chi connectivity index (χ2v) is 8.19. The highest BCUT2D eigenvalue weighted by atomic mass is 32.2. The Balaban J connectivity index is 2.13. The smallest absolute Gasteiger partial charge is 0.321 e. The molecule has 10 heteroatoms. The van der Waals surface area contributed by atoms with Crippen LogP contribution in [-0.2, 0) is 10.0 Å². The van der Waals surface area contributed by atoms with Crippen molar-refractivity contribution < 1.29 is 26.4 Å². The van der Waals surface area contributed by atoms with Gasteiger partial charge in [0, 0.05) is 10.5 Å². The van der Waals surface area contributed by atoms with Crippen LogP contribution in [0.15, 0.2) is 58.3 Å². The monoisotopic (exact) mass is 428 g/mol. The molecular weight excluding hydrogens is 413 g/mol. The number of alkyl halides is 3. The van der Waals surface area contributed by atoms with Gasteiger partial charge in [0.25, 0.3) is 5.91 Å². The molecule has 0 spiro atoms. The van der Waals surface area contributed by atoms with Crippen LogP contribution in [0, 0.1) is 12.3 Å². The molecule has 2 N–H and O–H groups in total. The number of rotatable bonds is 7. The fraction of sp³-hybridized carbons (Fsp3) is 0.167. The highest BCUT2D eigenvalue weighted by Crippen LogP contribution is 2.32. The molecular formula is C18H15F3N2O3S2. The number of amides is 1. The van der Waals surface area contributed by atoms with Crippen LogP contribution in [0.2, 0.25) is 0 Å². The van der Waals surface area contributed by atoms with Gasteiger partial charge in [0.15, 0.2) is 0 Å². The third-order valence-corrected chi connectivity index (χ3v) is 5.87. The fourth-order valence-electron chi connectivity index (χ4n) is 2.06. The minimum absolute atomic E-state index is 0.0690. The summed E-state index contributed by atoms with van der Waals surface area (Å²) in [6.07, 6.45) is 0.678. The van der Waals surface area contributed by atoms with E-state index in [1.807, 2.05) is 0 Å². The number of halogens is 3. The lowest BCUT2D eigenvalue weighted by atomic mass is 10.2. The SMILES string of the molecule is C#CCNS(=O)(=O)c1ccc(C(=O)Nc2ccccc2SCC(F)(F)F)cc1. The molecule has 0 saturated heterocycles. The van der Waals surface area contributed by atoms with E-state index in [4.69, 9.17) is 6.42 Å². The number of thioether (sulfide) groups is 1. The third-order valence-electron chi connectivity index (χ3n) is 3.32. The molecule has 2 aromatic carbocycles. The predicted molar refractivity (Wildman–Crippen MR) is 102 cm³/mol. The number of para-hydroxylation sites is 1. The highest BCUT2D eigenvalue weighted by Gasteiger charge is 2.27. The number of sulfonamides is 1. The van der Waals surface area contributed by atoms with Gasteiger partial charge in [-0.25, -0.2) is 8.42 Å². The first kappa shape index (κ1) is 21.8. The summed E-state index contributed by atoms with van der Waals surface area (Å²) in [5.41, 5.74) is 0.376. The number of hydrogen-bond acceptors (Lipinski definition) is 4. The molecule has 148 valence electrons. The Labute approximate surface area is 164 Å². The van der Waals surface area contributed by atoms with Crippen LogP contribution < -0.4 is 10.0 Å². The summed E-state index contributed by atoms with van der Waals surface area (Å²) in [7, 11) is -3.79. The number of carbonyl (C=O) groups is 1. The first-order chi connectivity index (χ1) is 13.1. The predicted octanol–water partition coefficient (Wildman–Crippen LogP) is 3.50. The van der Waals surface area contributed by atoms with Gasteiger partial charge in [0.2, 0.25) is 10.0 Å². The summed E-state index contributed by atoms with van der Waals surface area (Å²) in [5.74, 6) is 0.480. The number of hydrogen-bond donors (Lipinski definition) is 2. The third kappa shape index (κ3) is 6.30. The molecule has 0 saturated carbocycles. The lowest BCUT2D eigenvalue weighted by molar-refractivity contribution is -0.105. The van der Waals surface area contributed by atoms with Crippen LogP contribution in [-0.4, -0.2) is 32.8 Å². The standard InChI is InChI=1S/C18H15F3N2O3S2/c1-2-11-22-28(25,26)14-9-7-13(8-10-14)17(24)23-15-5-3-4-6-16(15)27-12-18(19,20)21/h1,3-10,22H,11-12H2,(H,23,24). The molecule has 0 bridgehead atoms. The molecule has 1 amide bonds. The number of carbonyl (C=O) groups excluding carboxylic acids is 1. The second-order valence-electron chi connectivity index (χ2n) is 5.41. The van der Waals surface area contributed by atoms with E-state index in [9.17, 15) is 26.4 Å². The Hall–Kier alpha value is -2.48. The molecule has 2 aromatic rings. The lowest BCUT2D eigenvalue weighted by Crippen LogP contribution is -2.24. The first-order valence-electron chi connectivity index (χ1n) is 7.75. The quantitative estimate of drug-likeness (QED) is 0.523. The largest absolute Gasteiger partial charge is 0.398 e. The van der Waals surface area contributed by atoms with Crippen molar-refractivity contribution in [2.24, 2.45) is 0 Å². The Morgan fingerprint density at radius 1 is 1.11 bits per heavy atom. The maximum Gasteiger partial charge on any atom is 0.398 e. The first-order valence-corrected chi connectivity index (χ1v) is 10.2. The lowest BCUT2D eigenvalue weighted by Gasteiger charge is -2.12. The van der Waals surface area contributed by atoms with Gasteiger partial charge < -0.3 is 5.32 Å². The van der Waals surface area contributed by atoms with Crippen molar-refractivity contribution in [2.75, 3.05) is 17.6 Å². The van der Waals surface area contributed by atoms with Gasteiger partial charge >= 0.3 is 6.18 Å². The summed E-state index contributed by atoms with van der Waals surface area (Å²) in [4.78, 5) is 12.6. The van der Waals surface area contributed by atoms with Crippen LogP contribution in [0.1, 0.15) is 10.4 Å². The van der Waals surface area contributed by atoms with Crippen molar-refractivity contribution in [3.05, 3.63) is 54.1 Å². The summed E-state index contributed by atoms with van der Waals surface area (Å²) in [6.45, 7) is -0.170. The summed E-state index contributed by atoms with van der Waals surface area (Å²) in [6, 6.07) is 11.2. The number of benzene rings is 2. The van der Waals surface area contributed by atoms with Gasteiger partial charge in [0.1, 0.15) is 0 Å². The van der Waals surface area contributed by atoms with E-state index < -0.39 is 27.9 Å². The molecule has 0 fully saturated rings. The molecule has 0 unspecified atom stereocenters. The van der Waals surface area contributed by atoms with E-state index in [2.05, 4.69) is 16.0 Å². The summed E-state index contributed by atoms with van der Waals surface area (Å²) < 4.78 is 63.4. The molecule has 0 aliphatic heterocycles. The molecule has 2 rings (SSSR count). The van der Waals surface area contributed by atoms with Crippen molar-refractivity contribution >= 4 is 33.4 Å². The van der Waals surface area contributed by atoms with Gasteiger partial charge in [-0.1, -0.05) is 18.1 Å². The number of anilines is 1. The van der Waals surface area contributed by atoms with Crippen molar-refractivity contribution in [3.8, 4) is 12.3 Å². The van der Waals surface area contributed by atoms with E-state index in [1.54, 1.807) is 12.1 Å². The molecule has 0 atom stereocenters. The van der Waals surface area contributed by atoms with E-state index in [1.165, 1.54) is 36.4 Å². The molecule has 0 heterocycles. The average Bonchev–Trinajstić information content (AvgIpc) is 2.65. The van der Waals surface area contributed by atoms with Crippen molar-refractivity contribution in [3.63, 3.8) is 0 Å². The zero-order valence-corrected chi connectivity index (χ0v) is 15.9. The van der Waals surface area contributed by atoms with Gasteiger partial charge in [-0.2, -0.15) is 17.9 Å². The van der Waals surface area contributed by atoms with Gasteiger partial charge in [-0.15, -0.1) is 18.2 Å². The van der Waals surface area contributed by atoms with Gasteiger partial charge in [-0.3, -0.25) is 4.79 Å². The summed E-state index contributed by atoms with van der Waals surface area (Å²) >= 11 is 0.561. The van der Waals surface area contributed by atoms with Gasteiger partial charge in [-0.05, 0) is 36.4 Å². The minimum atomic E-state index is -4.34. The zero-order chi connectivity index (χ0) is 20.8. The van der Waals surface area contributed by atoms with E-state index >= 15 is 0 Å². The average molecular weight is 428 g/mol. The second kappa shape index (κ2) is 9.14. The fourth-order valence-corrected chi connectivity index (χ4v) is 3.76.